The van der Waals surface area contributed by atoms with Gasteiger partial charge in [0.15, 0.2) is 5.03 Å². The molecule has 0 unspecified atom stereocenters. The quantitative estimate of drug-likeness (QED) is 0.665. The summed E-state index contributed by atoms with van der Waals surface area (Å²) in [6.45, 7) is 2.43. The summed E-state index contributed by atoms with van der Waals surface area (Å²) < 4.78 is 25.2. The van der Waals surface area contributed by atoms with Crippen LogP contribution in [0.3, 0.4) is 0 Å². The predicted octanol–water partition coefficient (Wildman–Crippen LogP) is -0.996. The number of aromatic nitrogens is 2. The number of aromatic amines is 1. The van der Waals surface area contributed by atoms with E-state index < -0.39 is 10.0 Å². The van der Waals surface area contributed by atoms with Crippen LogP contribution in [-0.2, 0) is 10.0 Å². The lowest BCUT2D eigenvalue weighted by atomic mass is 10.4. The van der Waals surface area contributed by atoms with Crippen molar-refractivity contribution in [1.29, 1.82) is 0 Å². The third kappa shape index (κ3) is 1.66. The molecule has 1 saturated heterocycles. The number of imidazole rings is 1. The van der Waals surface area contributed by atoms with Crippen LogP contribution < -0.4 is 5.32 Å². The van der Waals surface area contributed by atoms with Crippen LogP contribution >= 0.6 is 0 Å². The first kappa shape index (κ1) is 9.63. The number of hydrogen-bond donors (Lipinski definition) is 2. The molecule has 2 heterocycles. The molecule has 0 aliphatic carbocycles. The molecule has 1 aliphatic heterocycles. The van der Waals surface area contributed by atoms with Gasteiger partial charge in [-0.1, -0.05) is 0 Å². The van der Waals surface area contributed by atoms with Crippen molar-refractivity contribution in [3.8, 4) is 0 Å². The lowest BCUT2D eigenvalue weighted by Gasteiger charge is -2.25. The van der Waals surface area contributed by atoms with Crippen molar-refractivity contribution in [2.75, 3.05) is 26.2 Å². The van der Waals surface area contributed by atoms with Gasteiger partial charge < -0.3 is 10.3 Å². The fourth-order valence-electron chi connectivity index (χ4n) is 1.41. The van der Waals surface area contributed by atoms with Crippen molar-refractivity contribution in [3.05, 3.63) is 12.5 Å². The van der Waals surface area contributed by atoms with E-state index in [0.717, 1.165) is 0 Å². The number of hydrogen-bond acceptors (Lipinski definition) is 4. The maximum absolute atomic E-state index is 11.9. The Bertz CT molecular complexity index is 380. The summed E-state index contributed by atoms with van der Waals surface area (Å²) in [6, 6.07) is 0. The van der Waals surface area contributed by atoms with Gasteiger partial charge in [-0.25, -0.2) is 13.4 Å². The molecule has 0 bridgehead atoms. The minimum atomic E-state index is -3.34. The number of piperazine rings is 1. The summed E-state index contributed by atoms with van der Waals surface area (Å²) in [4.78, 5) is 6.32. The highest BCUT2D eigenvalue weighted by Crippen LogP contribution is 2.11. The van der Waals surface area contributed by atoms with Crippen molar-refractivity contribution in [2.45, 2.75) is 5.03 Å². The maximum Gasteiger partial charge on any atom is 0.260 e. The first-order valence-corrected chi connectivity index (χ1v) is 5.84. The Hall–Kier alpha value is -0.920. The van der Waals surface area contributed by atoms with Gasteiger partial charge in [0.05, 0.1) is 12.5 Å². The number of nitrogens with zero attached hydrogens (tertiary/aromatic N) is 2. The molecule has 1 fully saturated rings. The Balaban J connectivity index is 2.23. The summed E-state index contributed by atoms with van der Waals surface area (Å²) in [5, 5.41) is 3.27. The van der Waals surface area contributed by atoms with E-state index in [9.17, 15) is 8.42 Å². The maximum atomic E-state index is 11.9. The molecular weight excluding hydrogens is 204 g/mol. The van der Waals surface area contributed by atoms with E-state index in [1.54, 1.807) is 0 Å². The number of H-pyrrole nitrogens is 1. The third-order valence-corrected chi connectivity index (χ3v) is 3.99. The summed E-state index contributed by atoms with van der Waals surface area (Å²) in [5.74, 6) is 0. The van der Waals surface area contributed by atoms with Crippen LogP contribution in [-0.4, -0.2) is 48.9 Å². The van der Waals surface area contributed by atoms with Gasteiger partial charge in [0, 0.05) is 26.2 Å². The van der Waals surface area contributed by atoms with E-state index in [2.05, 4.69) is 15.3 Å². The third-order valence-electron chi connectivity index (χ3n) is 2.17. The predicted molar refractivity (Wildman–Crippen MR) is 50.2 cm³/mol. The molecule has 1 aromatic heterocycles. The smallest absolute Gasteiger partial charge is 0.260 e. The zero-order valence-electron chi connectivity index (χ0n) is 7.60. The molecule has 1 aromatic rings. The molecule has 0 saturated carbocycles. The summed E-state index contributed by atoms with van der Waals surface area (Å²) in [6.07, 6.45) is 2.70. The van der Waals surface area contributed by atoms with Crippen molar-refractivity contribution >= 4 is 10.0 Å². The van der Waals surface area contributed by atoms with E-state index in [0.29, 0.717) is 26.2 Å². The SMILES string of the molecule is O=S(=O)(c1cnc[nH]1)N1CCNCC1. The molecule has 0 amide bonds. The highest BCUT2D eigenvalue weighted by atomic mass is 32.2. The zero-order valence-corrected chi connectivity index (χ0v) is 8.42. The van der Waals surface area contributed by atoms with Crippen LogP contribution in [0.5, 0.6) is 0 Å². The van der Waals surface area contributed by atoms with E-state index in [1.165, 1.54) is 16.8 Å². The van der Waals surface area contributed by atoms with Gasteiger partial charge in [0.25, 0.3) is 10.0 Å². The molecule has 0 spiro atoms. The average molecular weight is 216 g/mol. The van der Waals surface area contributed by atoms with Gasteiger partial charge in [0.2, 0.25) is 0 Å². The fraction of sp³-hybridized carbons (Fsp3) is 0.571. The van der Waals surface area contributed by atoms with Crippen molar-refractivity contribution in [2.24, 2.45) is 0 Å². The second-order valence-electron chi connectivity index (χ2n) is 3.07. The monoisotopic (exact) mass is 216 g/mol. The first-order valence-electron chi connectivity index (χ1n) is 4.40. The highest BCUT2D eigenvalue weighted by Gasteiger charge is 2.26. The standard InChI is InChI=1S/C7H12N4O2S/c12-14(13,7-5-9-6-10-7)11-3-1-8-2-4-11/h5-6,8H,1-4H2,(H,9,10). The molecule has 2 rings (SSSR count). The molecule has 0 radical (unpaired) electrons. The lowest BCUT2D eigenvalue weighted by Crippen LogP contribution is -2.46. The molecule has 7 heteroatoms. The zero-order chi connectivity index (χ0) is 10.0. The molecule has 0 aromatic carbocycles. The fourth-order valence-corrected chi connectivity index (χ4v) is 2.75. The van der Waals surface area contributed by atoms with Crippen molar-refractivity contribution in [3.63, 3.8) is 0 Å². The number of sulfonamides is 1. The minimum Gasteiger partial charge on any atom is -0.335 e. The Labute approximate surface area is 82.4 Å². The topological polar surface area (TPSA) is 78.1 Å². The molecule has 2 N–H and O–H groups in total. The lowest BCUT2D eigenvalue weighted by molar-refractivity contribution is 0.359. The van der Waals surface area contributed by atoms with Crippen molar-refractivity contribution in [1.82, 2.24) is 19.6 Å². The summed E-state index contributed by atoms with van der Waals surface area (Å²) >= 11 is 0. The van der Waals surface area contributed by atoms with Gasteiger partial charge >= 0.3 is 0 Å². The Morgan fingerprint density at radius 3 is 2.64 bits per heavy atom. The van der Waals surface area contributed by atoms with E-state index in [4.69, 9.17) is 0 Å². The second kappa shape index (κ2) is 3.68. The highest BCUT2D eigenvalue weighted by molar-refractivity contribution is 7.89. The van der Waals surface area contributed by atoms with Gasteiger partial charge in [-0.2, -0.15) is 4.31 Å². The first-order chi connectivity index (χ1) is 6.71. The van der Waals surface area contributed by atoms with Crippen LogP contribution in [0.1, 0.15) is 0 Å². The van der Waals surface area contributed by atoms with Crippen LogP contribution in [0, 0.1) is 0 Å². The van der Waals surface area contributed by atoms with Crippen LogP contribution in [0.25, 0.3) is 0 Å². The van der Waals surface area contributed by atoms with Crippen LogP contribution in [0.2, 0.25) is 0 Å². The normalized spacial score (nSPS) is 19.7. The Morgan fingerprint density at radius 1 is 1.36 bits per heavy atom. The molecule has 0 atom stereocenters. The van der Waals surface area contributed by atoms with Gasteiger partial charge in [-0.05, 0) is 0 Å². The summed E-state index contributed by atoms with van der Waals surface area (Å²) in [5.41, 5.74) is 0. The molecule has 14 heavy (non-hydrogen) atoms. The van der Waals surface area contributed by atoms with E-state index in [1.807, 2.05) is 0 Å². The molecule has 6 nitrogen and oxygen atoms in total. The molecule has 78 valence electrons. The number of nitrogens with one attached hydrogen (secondary N) is 2. The average Bonchev–Trinajstić information content (AvgIpc) is 2.72. The van der Waals surface area contributed by atoms with E-state index >= 15 is 0 Å². The van der Waals surface area contributed by atoms with Crippen molar-refractivity contribution < 1.29 is 8.42 Å². The summed E-state index contributed by atoms with van der Waals surface area (Å²) in [7, 11) is -3.34. The van der Waals surface area contributed by atoms with Crippen LogP contribution in [0.4, 0.5) is 0 Å². The number of rotatable bonds is 2. The van der Waals surface area contributed by atoms with Crippen LogP contribution in [0.15, 0.2) is 17.6 Å². The molecular formula is C7H12N4O2S. The van der Waals surface area contributed by atoms with E-state index in [-0.39, 0.29) is 5.03 Å². The van der Waals surface area contributed by atoms with Gasteiger partial charge in [0.1, 0.15) is 0 Å². The minimum absolute atomic E-state index is 0.166. The van der Waals surface area contributed by atoms with Gasteiger partial charge in [-0.15, -0.1) is 0 Å². The second-order valence-corrected chi connectivity index (χ2v) is 4.98. The van der Waals surface area contributed by atoms with Gasteiger partial charge in [-0.3, -0.25) is 0 Å². The largest absolute Gasteiger partial charge is 0.335 e. The molecule has 1 aliphatic rings. The Morgan fingerprint density at radius 2 is 2.07 bits per heavy atom. The Kier molecular flexibility index (Phi) is 2.53.